The normalized spacial score (nSPS) is 10.6. The number of halogens is 2. The van der Waals surface area contributed by atoms with E-state index in [0.717, 1.165) is 11.6 Å². The number of amides is 1. The van der Waals surface area contributed by atoms with Gasteiger partial charge in [-0.2, -0.15) is 0 Å². The maximum absolute atomic E-state index is 13.2. The number of nitrogens with one attached hydrogen (secondary N) is 1. The zero-order valence-electron chi connectivity index (χ0n) is 13.9. The molecule has 26 heavy (non-hydrogen) atoms. The van der Waals surface area contributed by atoms with Crippen molar-refractivity contribution in [1.29, 1.82) is 0 Å². The summed E-state index contributed by atoms with van der Waals surface area (Å²) in [6, 6.07) is 14.4. The summed E-state index contributed by atoms with van der Waals surface area (Å²) >= 11 is 5.71. The molecule has 7 heteroatoms. The van der Waals surface area contributed by atoms with Crippen molar-refractivity contribution in [3.8, 4) is 11.4 Å². The number of aryl methyl sites for hydroxylation is 1. The fourth-order valence-electron chi connectivity index (χ4n) is 2.50. The topological polar surface area (TPSA) is 64.0 Å². The van der Waals surface area contributed by atoms with Crippen molar-refractivity contribution < 1.29 is 9.18 Å². The standard InChI is InChI=1S/C19H15ClFN3O2/c1-12-9-18(26)24(19(22-12)13-5-3-2-4-6-13)11-17(25)23-14-7-8-16(21)15(20)10-14/h2-10H,11H2,1H3,(H,23,25). The van der Waals surface area contributed by atoms with Gasteiger partial charge in [0.05, 0.1) is 5.02 Å². The Kier molecular flexibility index (Phi) is 5.14. The predicted molar refractivity (Wildman–Crippen MR) is 98.7 cm³/mol. The van der Waals surface area contributed by atoms with E-state index in [2.05, 4.69) is 10.3 Å². The fourth-order valence-corrected chi connectivity index (χ4v) is 2.68. The molecule has 1 aromatic heterocycles. The van der Waals surface area contributed by atoms with Crippen LogP contribution in [0.5, 0.6) is 0 Å². The average molecular weight is 372 g/mol. The molecular weight excluding hydrogens is 357 g/mol. The number of hydrogen-bond donors (Lipinski definition) is 1. The smallest absolute Gasteiger partial charge is 0.254 e. The van der Waals surface area contributed by atoms with Crippen LogP contribution in [0.25, 0.3) is 11.4 Å². The molecule has 0 radical (unpaired) electrons. The number of rotatable bonds is 4. The molecule has 0 saturated heterocycles. The molecule has 0 aliphatic heterocycles. The van der Waals surface area contributed by atoms with Crippen molar-refractivity contribution in [2.75, 3.05) is 5.32 Å². The minimum atomic E-state index is -0.574. The highest BCUT2D eigenvalue weighted by atomic mass is 35.5. The van der Waals surface area contributed by atoms with Gasteiger partial charge in [-0.3, -0.25) is 14.2 Å². The van der Waals surface area contributed by atoms with Gasteiger partial charge >= 0.3 is 0 Å². The van der Waals surface area contributed by atoms with Crippen LogP contribution in [-0.4, -0.2) is 15.5 Å². The summed E-state index contributed by atoms with van der Waals surface area (Å²) in [7, 11) is 0. The highest BCUT2D eigenvalue weighted by Gasteiger charge is 2.13. The summed E-state index contributed by atoms with van der Waals surface area (Å²) in [5, 5.41) is 2.51. The van der Waals surface area contributed by atoms with Gasteiger partial charge in [-0.15, -0.1) is 0 Å². The van der Waals surface area contributed by atoms with E-state index in [1.165, 1.54) is 22.8 Å². The van der Waals surface area contributed by atoms with E-state index in [-0.39, 0.29) is 17.1 Å². The Morgan fingerprint density at radius 2 is 1.92 bits per heavy atom. The third-order valence-electron chi connectivity index (χ3n) is 3.67. The molecule has 0 saturated carbocycles. The summed E-state index contributed by atoms with van der Waals surface area (Å²) in [5.41, 5.74) is 1.31. The second-order valence-electron chi connectivity index (χ2n) is 5.69. The lowest BCUT2D eigenvalue weighted by molar-refractivity contribution is -0.116. The first-order valence-corrected chi connectivity index (χ1v) is 8.20. The Morgan fingerprint density at radius 3 is 2.62 bits per heavy atom. The Morgan fingerprint density at radius 1 is 1.19 bits per heavy atom. The van der Waals surface area contributed by atoms with E-state index < -0.39 is 11.7 Å². The van der Waals surface area contributed by atoms with Gasteiger partial charge in [0.1, 0.15) is 18.2 Å². The van der Waals surface area contributed by atoms with Gasteiger partial charge in [-0.25, -0.2) is 9.37 Å². The summed E-state index contributed by atoms with van der Waals surface area (Å²) in [4.78, 5) is 29.2. The van der Waals surface area contributed by atoms with Crippen molar-refractivity contribution in [1.82, 2.24) is 9.55 Å². The quantitative estimate of drug-likeness (QED) is 0.761. The first-order valence-electron chi connectivity index (χ1n) is 7.83. The second kappa shape index (κ2) is 7.49. The molecule has 132 valence electrons. The molecule has 0 bridgehead atoms. The number of benzene rings is 2. The third-order valence-corrected chi connectivity index (χ3v) is 3.96. The Balaban J connectivity index is 1.90. The van der Waals surface area contributed by atoms with Crippen LogP contribution in [-0.2, 0) is 11.3 Å². The largest absolute Gasteiger partial charge is 0.324 e. The van der Waals surface area contributed by atoms with Crippen molar-refractivity contribution in [3.63, 3.8) is 0 Å². The van der Waals surface area contributed by atoms with Crippen LogP contribution in [0.2, 0.25) is 5.02 Å². The van der Waals surface area contributed by atoms with Crippen LogP contribution in [0.3, 0.4) is 0 Å². The molecule has 1 N–H and O–H groups in total. The number of hydrogen-bond acceptors (Lipinski definition) is 3. The average Bonchev–Trinajstić information content (AvgIpc) is 2.61. The summed E-state index contributed by atoms with van der Waals surface area (Å²) in [6.07, 6.45) is 0. The molecule has 1 amide bonds. The number of aromatic nitrogens is 2. The van der Waals surface area contributed by atoms with Gasteiger partial charge in [0.15, 0.2) is 0 Å². The molecule has 0 fully saturated rings. The van der Waals surface area contributed by atoms with Gasteiger partial charge in [-0.05, 0) is 25.1 Å². The first kappa shape index (κ1) is 17.8. The molecule has 2 aromatic carbocycles. The van der Waals surface area contributed by atoms with Gasteiger partial charge in [0.25, 0.3) is 5.56 Å². The van der Waals surface area contributed by atoms with Crippen LogP contribution in [0, 0.1) is 12.7 Å². The maximum atomic E-state index is 13.2. The van der Waals surface area contributed by atoms with Crippen molar-refractivity contribution in [2.24, 2.45) is 0 Å². The Hall–Kier alpha value is -2.99. The summed E-state index contributed by atoms with van der Waals surface area (Å²) in [5.74, 6) is -0.615. The van der Waals surface area contributed by atoms with Gasteiger partial charge in [0, 0.05) is 23.0 Å². The monoisotopic (exact) mass is 371 g/mol. The van der Waals surface area contributed by atoms with Crippen LogP contribution < -0.4 is 10.9 Å². The lowest BCUT2D eigenvalue weighted by Crippen LogP contribution is -2.29. The van der Waals surface area contributed by atoms with E-state index in [0.29, 0.717) is 17.2 Å². The van der Waals surface area contributed by atoms with Gasteiger partial charge in [-0.1, -0.05) is 41.9 Å². The van der Waals surface area contributed by atoms with E-state index in [1.54, 1.807) is 6.92 Å². The Labute approximate surface area is 154 Å². The number of carbonyl (C=O) groups excluding carboxylic acids is 1. The minimum Gasteiger partial charge on any atom is -0.324 e. The van der Waals surface area contributed by atoms with Crippen molar-refractivity contribution >= 4 is 23.2 Å². The lowest BCUT2D eigenvalue weighted by Gasteiger charge is -2.13. The molecule has 5 nitrogen and oxygen atoms in total. The molecule has 3 aromatic rings. The summed E-state index contributed by atoms with van der Waals surface area (Å²) < 4.78 is 14.5. The molecule has 0 aliphatic rings. The van der Waals surface area contributed by atoms with Crippen LogP contribution in [0.1, 0.15) is 5.69 Å². The molecule has 0 aliphatic carbocycles. The van der Waals surface area contributed by atoms with Crippen molar-refractivity contribution in [3.05, 3.63) is 81.5 Å². The zero-order valence-corrected chi connectivity index (χ0v) is 14.6. The summed E-state index contributed by atoms with van der Waals surface area (Å²) in [6.45, 7) is 1.49. The first-order chi connectivity index (χ1) is 12.4. The fraction of sp³-hybridized carbons (Fsp3) is 0.105. The van der Waals surface area contributed by atoms with Crippen molar-refractivity contribution in [2.45, 2.75) is 13.5 Å². The predicted octanol–water partition coefficient (Wildman–Crippen LogP) is 3.65. The Bertz CT molecular complexity index is 1020. The molecule has 1 heterocycles. The van der Waals surface area contributed by atoms with Crippen LogP contribution in [0.15, 0.2) is 59.4 Å². The second-order valence-corrected chi connectivity index (χ2v) is 6.10. The third kappa shape index (κ3) is 3.97. The molecule has 0 atom stereocenters. The lowest BCUT2D eigenvalue weighted by atomic mass is 10.2. The van der Waals surface area contributed by atoms with E-state index in [1.807, 2.05) is 30.3 Å². The number of carbonyl (C=O) groups is 1. The molecule has 0 unspecified atom stereocenters. The molecule has 0 spiro atoms. The minimum absolute atomic E-state index is 0.0954. The number of nitrogens with zero attached hydrogens (tertiary/aromatic N) is 2. The van der Waals surface area contributed by atoms with E-state index in [4.69, 9.17) is 11.6 Å². The van der Waals surface area contributed by atoms with Crippen LogP contribution >= 0.6 is 11.6 Å². The molecule has 3 rings (SSSR count). The molecular formula is C19H15ClFN3O2. The zero-order chi connectivity index (χ0) is 18.7. The van der Waals surface area contributed by atoms with Crippen LogP contribution in [0.4, 0.5) is 10.1 Å². The SMILES string of the molecule is Cc1cc(=O)n(CC(=O)Nc2ccc(F)c(Cl)c2)c(-c2ccccc2)n1. The van der Waals surface area contributed by atoms with E-state index >= 15 is 0 Å². The van der Waals surface area contributed by atoms with Gasteiger partial charge < -0.3 is 5.32 Å². The van der Waals surface area contributed by atoms with Gasteiger partial charge in [0.2, 0.25) is 5.91 Å². The number of anilines is 1. The highest BCUT2D eigenvalue weighted by molar-refractivity contribution is 6.31. The highest BCUT2D eigenvalue weighted by Crippen LogP contribution is 2.20. The van der Waals surface area contributed by atoms with E-state index in [9.17, 15) is 14.0 Å². The maximum Gasteiger partial charge on any atom is 0.254 e.